The van der Waals surface area contributed by atoms with E-state index >= 15 is 0 Å². The molecule has 1 atom stereocenters. The molecule has 0 aromatic rings. The maximum atomic E-state index is 3.87. The summed E-state index contributed by atoms with van der Waals surface area (Å²) in [6, 6.07) is 0.757. The SMILES string of the molecule is CCNC(CC(CC)CC)C1(CC(C)C)CCCC1. The summed E-state index contributed by atoms with van der Waals surface area (Å²) in [4.78, 5) is 0. The Hall–Kier alpha value is -0.0400. The van der Waals surface area contributed by atoms with Gasteiger partial charge in [0.25, 0.3) is 0 Å². The maximum absolute atomic E-state index is 3.87. The Morgan fingerprint density at radius 1 is 1.00 bits per heavy atom. The molecule has 19 heavy (non-hydrogen) atoms. The lowest BCUT2D eigenvalue weighted by Crippen LogP contribution is -2.45. The Labute approximate surface area is 121 Å². The van der Waals surface area contributed by atoms with Gasteiger partial charge in [-0.3, -0.25) is 0 Å². The predicted molar refractivity (Wildman–Crippen MR) is 86.5 cm³/mol. The quantitative estimate of drug-likeness (QED) is 0.590. The summed E-state index contributed by atoms with van der Waals surface area (Å²) < 4.78 is 0. The van der Waals surface area contributed by atoms with E-state index in [1.54, 1.807) is 0 Å². The van der Waals surface area contributed by atoms with Crippen LogP contribution in [0, 0.1) is 17.3 Å². The largest absolute Gasteiger partial charge is 0.314 e. The van der Waals surface area contributed by atoms with Gasteiger partial charge >= 0.3 is 0 Å². The Morgan fingerprint density at radius 2 is 1.58 bits per heavy atom. The molecule has 1 nitrogen and oxygen atoms in total. The first kappa shape index (κ1) is 17.0. The van der Waals surface area contributed by atoms with E-state index in [1.165, 1.54) is 51.4 Å². The van der Waals surface area contributed by atoms with Crippen LogP contribution in [0.15, 0.2) is 0 Å². The van der Waals surface area contributed by atoms with Gasteiger partial charge in [0.1, 0.15) is 0 Å². The van der Waals surface area contributed by atoms with Crippen molar-refractivity contribution in [3.63, 3.8) is 0 Å². The minimum atomic E-state index is 0.604. The van der Waals surface area contributed by atoms with Gasteiger partial charge < -0.3 is 5.32 Å². The van der Waals surface area contributed by atoms with Crippen LogP contribution in [0.25, 0.3) is 0 Å². The zero-order chi connectivity index (χ0) is 14.3. The van der Waals surface area contributed by atoms with Crippen molar-refractivity contribution >= 4 is 0 Å². The van der Waals surface area contributed by atoms with Gasteiger partial charge in [0.2, 0.25) is 0 Å². The summed E-state index contributed by atoms with van der Waals surface area (Å²) in [5.41, 5.74) is 0.604. The first-order valence-electron chi connectivity index (χ1n) is 8.81. The lowest BCUT2D eigenvalue weighted by molar-refractivity contribution is 0.132. The van der Waals surface area contributed by atoms with E-state index < -0.39 is 0 Å². The van der Waals surface area contributed by atoms with E-state index in [2.05, 4.69) is 39.9 Å². The second-order valence-electron chi connectivity index (χ2n) is 7.20. The molecule has 0 radical (unpaired) electrons. The van der Waals surface area contributed by atoms with Crippen LogP contribution in [0.4, 0.5) is 0 Å². The van der Waals surface area contributed by atoms with E-state index in [-0.39, 0.29) is 0 Å². The average molecular weight is 268 g/mol. The van der Waals surface area contributed by atoms with Crippen molar-refractivity contribution in [3.05, 3.63) is 0 Å². The molecule has 0 aromatic carbocycles. The van der Waals surface area contributed by atoms with Crippen LogP contribution < -0.4 is 5.32 Å². The molecule has 1 aliphatic carbocycles. The molecular weight excluding hydrogens is 230 g/mol. The highest BCUT2D eigenvalue weighted by molar-refractivity contribution is 4.96. The van der Waals surface area contributed by atoms with Crippen LogP contribution in [-0.2, 0) is 0 Å². The third kappa shape index (κ3) is 4.77. The molecule has 1 saturated carbocycles. The Kier molecular flexibility index (Phi) is 7.42. The van der Waals surface area contributed by atoms with Crippen molar-refractivity contribution in [1.29, 1.82) is 0 Å². The summed E-state index contributed by atoms with van der Waals surface area (Å²) in [7, 11) is 0. The van der Waals surface area contributed by atoms with Crippen molar-refractivity contribution < 1.29 is 0 Å². The van der Waals surface area contributed by atoms with Crippen LogP contribution in [0.1, 0.15) is 86.0 Å². The standard InChI is InChI=1S/C18H37N/c1-6-16(7-2)13-17(19-8-3)18(14-15(4)5)11-9-10-12-18/h15-17,19H,6-14H2,1-5H3. The molecule has 0 amide bonds. The van der Waals surface area contributed by atoms with Crippen molar-refractivity contribution in [2.45, 2.75) is 92.0 Å². The third-order valence-corrected chi connectivity index (χ3v) is 5.33. The van der Waals surface area contributed by atoms with E-state index in [1.807, 2.05) is 0 Å². The van der Waals surface area contributed by atoms with Crippen LogP contribution in [-0.4, -0.2) is 12.6 Å². The third-order valence-electron chi connectivity index (χ3n) is 5.33. The smallest absolute Gasteiger partial charge is 0.0126 e. The Bertz CT molecular complexity index is 224. The number of rotatable bonds is 9. The first-order chi connectivity index (χ1) is 9.07. The minimum absolute atomic E-state index is 0.604. The number of hydrogen-bond acceptors (Lipinski definition) is 1. The normalized spacial score (nSPS) is 20.4. The number of hydrogen-bond donors (Lipinski definition) is 1. The van der Waals surface area contributed by atoms with Gasteiger partial charge in [-0.2, -0.15) is 0 Å². The molecule has 1 N–H and O–H groups in total. The van der Waals surface area contributed by atoms with E-state index in [0.717, 1.165) is 24.4 Å². The Balaban J connectivity index is 2.79. The van der Waals surface area contributed by atoms with Crippen LogP contribution in [0.5, 0.6) is 0 Å². The van der Waals surface area contributed by atoms with E-state index in [0.29, 0.717) is 5.41 Å². The monoisotopic (exact) mass is 267 g/mol. The molecule has 0 bridgehead atoms. The van der Waals surface area contributed by atoms with Crippen molar-refractivity contribution in [2.75, 3.05) is 6.54 Å². The molecule has 0 aliphatic heterocycles. The van der Waals surface area contributed by atoms with Gasteiger partial charge in [-0.1, -0.05) is 60.3 Å². The molecule has 1 heteroatoms. The fourth-order valence-electron chi connectivity index (χ4n) is 4.34. The zero-order valence-electron chi connectivity index (χ0n) is 14.1. The van der Waals surface area contributed by atoms with Crippen molar-refractivity contribution in [2.24, 2.45) is 17.3 Å². The highest BCUT2D eigenvalue weighted by atomic mass is 14.9. The lowest BCUT2D eigenvalue weighted by atomic mass is 9.69. The second-order valence-corrected chi connectivity index (χ2v) is 7.20. The van der Waals surface area contributed by atoms with Crippen molar-refractivity contribution in [3.8, 4) is 0 Å². The Morgan fingerprint density at radius 3 is 2.00 bits per heavy atom. The summed E-state index contributed by atoms with van der Waals surface area (Å²) >= 11 is 0. The summed E-state index contributed by atoms with van der Waals surface area (Å²) in [5.74, 6) is 1.75. The molecule has 1 unspecified atom stereocenters. The lowest BCUT2D eigenvalue weighted by Gasteiger charge is -2.41. The number of nitrogens with one attached hydrogen (secondary N) is 1. The average Bonchev–Trinajstić information content (AvgIpc) is 2.83. The highest BCUT2D eigenvalue weighted by Gasteiger charge is 2.41. The predicted octanol–water partition coefficient (Wildman–Crippen LogP) is 5.40. The first-order valence-corrected chi connectivity index (χ1v) is 8.81. The van der Waals surface area contributed by atoms with Gasteiger partial charge in [0.15, 0.2) is 0 Å². The fourth-order valence-corrected chi connectivity index (χ4v) is 4.34. The molecule has 0 saturated heterocycles. The molecule has 1 rings (SSSR count). The molecule has 1 fully saturated rings. The van der Waals surface area contributed by atoms with Gasteiger partial charge in [0, 0.05) is 6.04 Å². The van der Waals surface area contributed by atoms with Gasteiger partial charge in [0.05, 0.1) is 0 Å². The molecule has 0 aromatic heterocycles. The highest BCUT2D eigenvalue weighted by Crippen LogP contribution is 2.47. The van der Waals surface area contributed by atoms with Gasteiger partial charge in [-0.05, 0) is 49.5 Å². The maximum Gasteiger partial charge on any atom is 0.0126 e. The molecular formula is C18H37N. The second kappa shape index (κ2) is 8.29. The van der Waals surface area contributed by atoms with Crippen LogP contribution in [0.2, 0.25) is 0 Å². The van der Waals surface area contributed by atoms with Crippen LogP contribution >= 0.6 is 0 Å². The molecule has 0 heterocycles. The van der Waals surface area contributed by atoms with E-state index in [4.69, 9.17) is 0 Å². The summed E-state index contributed by atoms with van der Waals surface area (Å²) in [6.07, 6.45) is 11.3. The summed E-state index contributed by atoms with van der Waals surface area (Å²) in [6.45, 7) is 12.9. The van der Waals surface area contributed by atoms with Gasteiger partial charge in [-0.15, -0.1) is 0 Å². The van der Waals surface area contributed by atoms with Crippen LogP contribution in [0.3, 0.4) is 0 Å². The van der Waals surface area contributed by atoms with Gasteiger partial charge in [-0.25, -0.2) is 0 Å². The minimum Gasteiger partial charge on any atom is -0.314 e. The zero-order valence-corrected chi connectivity index (χ0v) is 14.1. The summed E-state index contributed by atoms with van der Waals surface area (Å²) in [5, 5.41) is 3.87. The molecule has 0 spiro atoms. The fraction of sp³-hybridized carbons (Fsp3) is 1.00. The molecule has 1 aliphatic rings. The van der Waals surface area contributed by atoms with Crippen molar-refractivity contribution in [1.82, 2.24) is 5.32 Å². The molecule has 114 valence electrons. The topological polar surface area (TPSA) is 12.0 Å². The van der Waals surface area contributed by atoms with E-state index in [9.17, 15) is 0 Å².